The molecule has 0 atom stereocenters. The summed E-state index contributed by atoms with van der Waals surface area (Å²) in [5.41, 5.74) is 3.36. The van der Waals surface area contributed by atoms with Crippen molar-refractivity contribution in [1.29, 1.82) is 0 Å². The van der Waals surface area contributed by atoms with Gasteiger partial charge in [0.2, 0.25) is 0 Å². The molecule has 0 unspecified atom stereocenters. The zero-order chi connectivity index (χ0) is 10.4. The van der Waals surface area contributed by atoms with E-state index in [1.807, 2.05) is 30.4 Å². The number of imidazole rings is 1. The standard InChI is InChI=1S/C10H9N5/c1-6-9-12-8-4-3-5-11-10(8)15(9)7(2)14-13-6/h3-5H,1-2H3. The third-order valence-electron chi connectivity index (χ3n) is 2.41. The van der Waals surface area contributed by atoms with Crippen molar-refractivity contribution in [3.8, 4) is 0 Å². The Balaban J connectivity index is 2.66. The molecule has 0 spiro atoms. The van der Waals surface area contributed by atoms with Crippen LogP contribution in [0.4, 0.5) is 0 Å². The number of aryl methyl sites for hydroxylation is 2. The molecule has 3 aromatic rings. The minimum atomic E-state index is 0.803. The summed E-state index contributed by atoms with van der Waals surface area (Å²) in [6, 6.07) is 3.81. The van der Waals surface area contributed by atoms with E-state index in [4.69, 9.17) is 0 Å². The molecule has 0 radical (unpaired) electrons. The number of fused-ring (bicyclic) bond motifs is 3. The molecule has 0 aliphatic rings. The third kappa shape index (κ3) is 1.03. The SMILES string of the molecule is Cc1nnc(C)n2c1nc1cccnc12. The number of pyridine rings is 1. The fraction of sp³-hybridized carbons (Fsp3) is 0.200. The number of aromatic nitrogens is 5. The van der Waals surface area contributed by atoms with Gasteiger partial charge in [0.1, 0.15) is 17.0 Å². The van der Waals surface area contributed by atoms with Crippen LogP contribution >= 0.6 is 0 Å². The van der Waals surface area contributed by atoms with Gasteiger partial charge in [-0.3, -0.25) is 4.40 Å². The molecular formula is C10H9N5. The van der Waals surface area contributed by atoms with Crippen molar-refractivity contribution in [1.82, 2.24) is 24.6 Å². The summed E-state index contributed by atoms with van der Waals surface area (Å²) in [6.07, 6.45) is 1.76. The molecule has 0 amide bonds. The van der Waals surface area contributed by atoms with E-state index < -0.39 is 0 Å². The quantitative estimate of drug-likeness (QED) is 0.547. The summed E-state index contributed by atoms with van der Waals surface area (Å²) in [5, 5.41) is 8.10. The molecule has 0 fully saturated rings. The second-order valence-electron chi connectivity index (χ2n) is 3.45. The lowest BCUT2D eigenvalue weighted by Crippen LogP contribution is -2.01. The van der Waals surface area contributed by atoms with E-state index in [1.54, 1.807) is 6.20 Å². The number of rotatable bonds is 0. The topological polar surface area (TPSA) is 56.0 Å². The zero-order valence-electron chi connectivity index (χ0n) is 8.47. The Kier molecular flexibility index (Phi) is 1.50. The van der Waals surface area contributed by atoms with E-state index in [0.717, 1.165) is 28.3 Å². The van der Waals surface area contributed by atoms with Gasteiger partial charge in [-0.05, 0) is 26.0 Å². The van der Waals surface area contributed by atoms with Gasteiger partial charge in [-0.1, -0.05) is 0 Å². The molecule has 3 heterocycles. The molecule has 3 rings (SSSR count). The average Bonchev–Trinajstić information content (AvgIpc) is 2.64. The molecule has 0 aliphatic carbocycles. The van der Waals surface area contributed by atoms with Gasteiger partial charge in [0, 0.05) is 6.20 Å². The molecule has 15 heavy (non-hydrogen) atoms. The van der Waals surface area contributed by atoms with E-state index >= 15 is 0 Å². The van der Waals surface area contributed by atoms with Gasteiger partial charge >= 0.3 is 0 Å². The lowest BCUT2D eigenvalue weighted by Gasteiger charge is -1.99. The second-order valence-corrected chi connectivity index (χ2v) is 3.45. The molecule has 5 heteroatoms. The fourth-order valence-electron chi connectivity index (χ4n) is 1.70. The smallest absolute Gasteiger partial charge is 0.165 e. The maximum atomic E-state index is 4.47. The van der Waals surface area contributed by atoms with Crippen LogP contribution in [0.1, 0.15) is 11.5 Å². The van der Waals surface area contributed by atoms with E-state index in [9.17, 15) is 0 Å². The monoisotopic (exact) mass is 199 g/mol. The highest BCUT2D eigenvalue weighted by molar-refractivity contribution is 5.77. The summed E-state index contributed by atoms with van der Waals surface area (Å²) < 4.78 is 1.93. The normalized spacial score (nSPS) is 11.3. The highest BCUT2D eigenvalue weighted by Crippen LogP contribution is 2.15. The average molecular weight is 199 g/mol. The van der Waals surface area contributed by atoms with Crippen molar-refractivity contribution in [3.05, 3.63) is 29.8 Å². The summed E-state index contributed by atoms with van der Waals surface area (Å²) >= 11 is 0. The summed E-state index contributed by atoms with van der Waals surface area (Å²) in [5.74, 6) is 0.803. The van der Waals surface area contributed by atoms with Crippen molar-refractivity contribution in [3.63, 3.8) is 0 Å². The lowest BCUT2D eigenvalue weighted by molar-refractivity contribution is 0.860. The Morgan fingerprint density at radius 2 is 2.00 bits per heavy atom. The van der Waals surface area contributed by atoms with Gasteiger partial charge in [-0.15, -0.1) is 5.10 Å². The van der Waals surface area contributed by atoms with Crippen LogP contribution in [0.3, 0.4) is 0 Å². The van der Waals surface area contributed by atoms with Crippen molar-refractivity contribution in [2.75, 3.05) is 0 Å². The fourth-order valence-corrected chi connectivity index (χ4v) is 1.70. The Bertz CT molecular complexity index is 655. The van der Waals surface area contributed by atoms with Crippen molar-refractivity contribution < 1.29 is 0 Å². The van der Waals surface area contributed by atoms with Crippen LogP contribution in [0, 0.1) is 13.8 Å². The van der Waals surface area contributed by atoms with Crippen LogP contribution in [0.15, 0.2) is 18.3 Å². The number of nitrogens with zero attached hydrogens (tertiary/aromatic N) is 5. The largest absolute Gasteiger partial charge is 0.261 e. The van der Waals surface area contributed by atoms with Crippen LogP contribution in [0.2, 0.25) is 0 Å². The van der Waals surface area contributed by atoms with Crippen LogP contribution in [-0.4, -0.2) is 24.6 Å². The molecule has 5 nitrogen and oxygen atoms in total. The minimum Gasteiger partial charge on any atom is -0.261 e. The van der Waals surface area contributed by atoms with Crippen molar-refractivity contribution in [2.45, 2.75) is 13.8 Å². The molecule has 74 valence electrons. The molecule has 0 N–H and O–H groups in total. The zero-order valence-corrected chi connectivity index (χ0v) is 8.47. The van der Waals surface area contributed by atoms with Crippen LogP contribution < -0.4 is 0 Å². The van der Waals surface area contributed by atoms with Crippen LogP contribution in [-0.2, 0) is 0 Å². The molecular weight excluding hydrogens is 190 g/mol. The van der Waals surface area contributed by atoms with Gasteiger partial charge in [0.15, 0.2) is 11.3 Å². The Hall–Kier alpha value is -2.04. The van der Waals surface area contributed by atoms with Crippen molar-refractivity contribution in [2.24, 2.45) is 0 Å². The first-order valence-electron chi connectivity index (χ1n) is 4.70. The first kappa shape index (κ1) is 8.28. The molecule has 0 saturated heterocycles. The third-order valence-corrected chi connectivity index (χ3v) is 2.41. The molecule has 0 aromatic carbocycles. The summed E-state index contributed by atoms with van der Waals surface area (Å²) in [6.45, 7) is 3.79. The van der Waals surface area contributed by atoms with Gasteiger partial charge < -0.3 is 0 Å². The Morgan fingerprint density at radius 3 is 2.87 bits per heavy atom. The second kappa shape index (κ2) is 2.73. The first-order chi connectivity index (χ1) is 7.27. The highest BCUT2D eigenvalue weighted by atomic mass is 15.2. The van der Waals surface area contributed by atoms with Gasteiger partial charge in [-0.2, -0.15) is 5.10 Å². The molecule has 0 saturated carbocycles. The van der Waals surface area contributed by atoms with Gasteiger partial charge in [0.05, 0.1) is 0 Å². The maximum absolute atomic E-state index is 4.47. The van der Waals surface area contributed by atoms with E-state index in [-0.39, 0.29) is 0 Å². The van der Waals surface area contributed by atoms with Gasteiger partial charge in [0.25, 0.3) is 0 Å². The predicted molar refractivity (Wildman–Crippen MR) is 55.6 cm³/mol. The molecule has 0 bridgehead atoms. The lowest BCUT2D eigenvalue weighted by atomic mass is 10.4. The maximum Gasteiger partial charge on any atom is 0.165 e. The van der Waals surface area contributed by atoms with E-state index in [1.165, 1.54) is 0 Å². The minimum absolute atomic E-state index is 0.803. The Morgan fingerprint density at radius 1 is 1.13 bits per heavy atom. The van der Waals surface area contributed by atoms with Crippen LogP contribution in [0.5, 0.6) is 0 Å². The van der Waals surface area contributed by atoms with Crippen LogP contribution in [0.25, 0.3) is 16.8 Å². The number of hydrogen-bond donors (Lipinski definition) is 0. The van der Waals surface area contributed by atoms with Gasteiger partial charge in [-0.25, -0.2) is 9.97 Å². The van der Waals surface area contributed by atoms with E-state index in [0.29, 0.717) is 0 Å². The van der Waals surface area contributed by atoms with E-state index in [2.05, 4.69) is 20.2 Å². The first-order valence-corrected chi connectivity index (χ1v) is 4.70. The molecule has 0 aliphatic heterocycles. The molecule has 3 aromatic heterocycles. The van der Waals surface area contributed by atoms with Crippen molar-refractivity contribution >= 4 is 16.8 Å². The summed E-state index contributed by atoms with van der Waals surface area (Å²) in [7, 11) is 0. The number of hydrogen-bond acceptors (Lipinski definition) is 4. The predicted octanol–water partition coefficient (Wildman–Crippen LogP) is 1.29. The Labute approximate surface area is 85.8 Å². The summed E-state index contributed by atoms with van der Waals surface area (Å²) in [4.78, 5) is 8.78. The highest BCUT2D eigenvalue weighted by Gasteiger charge is 2.10.